The van der Waals surface area contributed by atoms with Gasteiger partial charge in [0, 0.05) is 5.56 Å². The molecule has 0 spiro atoms. The fourth-order valence-corrected chi connectivity index (χ4v) is 2.26. The first-order valence-corrected chi connectivity index (χ1v) is 7.18. The zero-order valence-corrected chi connectivity index (χ0v) is 13.8. The first-order chi connectivity index (χ1) is 11.1. The summed E-state index contributed by atoms with van der Waals surface area (Å²) in [6.45, 7) is 2.00. The number of hydrogen-bond acceptors (Lipinski definition) is 4. The van der Waals surface area contributed by atoms with E-state index in [4.69, 9.17) is 14.2 Å². The monoisotopic (exact) mass is 312 g/mol. The van der Waals surface area contributed by atoms with Gasteiger partial charge in [0.25, 0.3) is 0 Å². The quantitative estimate of drug-likeness (QED) is 0.599. The van der Waals surface area contributed by atoms with Crippen LogP contribution in [0.1, 0.15) is 21.5 Å². The number of aryl methyl sites for hydroxylation is 1. The number of carbonyl (C=O) groups excluding carboxylic acids is 1. The Kier molecular flexibility index (Phi) is 5.41. The van der Waals surface area contributed by atoms with Crippen LogP contribution in [0, 0.1) is 6.92 Å². The molecule has 0 N–H and O–H groups in total. The van der Waals surface area contributed by atoms with E-state index in [1.807, 2.05) is 31.2 Å². The Morgan fingerprint density at radius 2 is 1.57 bits per heavy atom. The molecule has 2 aromatic rings. The smallest absolute Gasteiger partial charge is 0.203 e. The lowest BCUT2D eigenvalue weighted by Crippen LogP contribution is -2.00. The van der Waals surface area contributed by atoms with Gasteiger partial charge < -0.3 is 14.2 Å². The van der Waals surface area contributed by atoms with E-state index in [1.165, 1.54) is 21.3 Å². The van der Waals surface area contributed by atoms with Gasteiger partial charge in [0.05, 0.1) is 21.3 Å². The molecular formula is C19H20O4. The minimum Gasteiger partial charge on any atom is -0.493 e. The second-order valence-electron chi connectivity index (χ2n) is 4.97. The van der Waals surface area contributed by atoms with E-state index in [-0.39, 0.29) is 5.78 Å². The molecule has 2 rings (SSSR count). The van der Waals surface area contributed by atoms with Crippen molar-refractivity contribution >= 4 is 11.9 Å². The minimum atomic E-state index is -0.132. The van der Waals surface area contributed by atoms with Crippen molar-refractivity contribution in [2.24, 2.45) is 0 Å². The van der Waals surface area contributed by atoms with E-state index >= 15 is 0 Å². The third-order valence-corrected chi connectivity index (χ3v) is 3.55. The molecule has 0 saturated heterocycles. The molecule has 0 aliphatic rings. The number of rotatable bonds is 6. The maximum Gasteiger partial charge on any atom is 0.203 e. The average molecular weight is 312 g/mol. The molecule has 0 heterocycles. The van der Waals surface area contributed by atoms with E-state index in [1.54, 1.807) is 24.3 Å². The van der Waals surface area contributed by atoms with Crippen molar-refractivity contribution in [2.45, 2.75) is 6.92 Å². The normalized spacial score (nSPS) is 10.6. The summed E-state index contributed by atoms with van der Waals surface area (Å²) in [5.74, 6) is 1.25. The molecule has 4 nitrogen and oxygen atoms in total. The molecule has 0 unspecified atom stereocenters. The Balaban J connectivity index is 2.34. The highest BCUT2D eigenvalue weighted by atomic mass is 16.5. The number of ether oxygens (including phenoxy) is 3. The molecule has 0 fully saturated rings. The Bertz CT molecular complexity index is 707. The van der Waals surface area contributed by atoms with Gasteiger partial charge in [-0.05, 0) is 36.3 Å². The van der Waals surface area contributed by atoms with Crippen molar-refractivity contribution in [1.82, 2.24) is 0 Å². The van der Waals surface area contributed by atoms with Crippen LogP contribution in [0.3, 0.4) is 0 Å². The third kappa shape index (κ3) is 3.72. The highest BCUT2D eigenvalue weighted by molar-refractivity contribution is 6.07. The van der Waals surface area contributed by atoms with Gasteiger partial charge in [0.15, 0.2) is 17.3 Å². The van der Waals surface area contributed by atoms with Gasteiger partial charge in [0.1, 0.15) is 0 Å². The van der Waals surface area contributed by atoms with Gasteiger partial charge in [0.2, 0.25) is 5.75 Å². The molecule has 23 heavy (non-hydrogen) atoms. The number of ketones is 1. The number of carbonyl (C=O) groups is 1. The predicted octanol–water partition coefficient (Wildman–Crippen LogP) is 3.92. The zero-order chi connectivity index (χ0) is 16.8. The van der Waals surface area contributed by atoms with Gasteiger partial charge in [-0.15, -0.1) is 0 Å². The van der Waals surface area contributed by atoms with Crippen LogP contribution < -0.4 is 14.2 Å². The second-order valence-corrected chi connectivity index (χ2v) is 4.97. The summed E-state index contributed by atoms with van der Waals surface area (Å²) >= 11 is 0. The predicted molar refractivity (Wildman–Crippen MR) is 90.6 cm³/mol. The standard InChI is InChI=1S/C19H20O4/c1-13-7-5-6-8-14(13)9-10-16(20)15-11-17(21-2)19(23-4)18(12-15)22-3/h5-12H,1-4H3. The van der Waals surface area contributed by atoms with Crippen LogP contribution in [-0.4, -0.2) is 27.1 Å². The van der Waals surface area contributed by atoms with Crippen LogP contribution in [0.15, 0.2) is 42.5 Å². The van der Waals surface area contributed by atoms with Crippen LogP contribution in [0.4, 0.5) is 0 Å². The van der Waals surface area contributed by atoms with E-state index in [0.717, 1.165) is 11.1 Å². The third-order valence-electron chi connectivity index (χ3n) is 3.55. The Labute approximate surface area is 136 Å². The van der Waals surface area contributed by atoms with Crippen LogP contribution >= 0.6 is 0 Å². The largest absolute Gasteiger partial charge is 0.493 e. The number of hydrogen-bond donors (Lipinski definition) is 0. The van der Waals surface area contributed by atoms with Crippen LogP contribution in [0.2, 0.25) is 0 Å². The summed E-state index contributed by atoms with van der Waals surface area (Å²) in [5, 5.41) is 0. The highest BCUT2D eigenvalue weighted by Gasteiger charge is 2.15. The van der Waals surface area contributed by atoms with Crippen molar-refractivity contribution in [3.63, 3.8) is 0 Å². The molecule has 2 aromatic carbocycles. The molecule has 120 valence electrons. The molecule has 4 heteroatoms. The molecule has 0 aliphatic carbocycles. The fraction of sp³-hybridized carbons (Fsp3) is 0.211. The van der Waals surface area contributed by atoms with Gasteiger partial charge in [-0.25, -0.2) is 0 Å². The molecule has 0 aromatic heterocycles. The molecule has 0 atom stereocenters. The van der Waals surface area contributed by atoms with Crippen LogP contribution in [0.25, 0.3) is 6.08 Å². The second kappa shape index (κ2) is 7.49. The number of allylic oxidation sites excluding steroid dienone is 1. The van der Waals surface area contributed by atoms with Crippen molar-refractivity contribution in [3.05, 3.63) is 59.2 Å². The summed E-state index contributed by atoms with van der Waals surface area (Å²) in [4.78, 5) is 12.4. The Morgan fingerprint density at radius 3 is 2.09 bits per heavy atom. The van der Waals surface area contributed by atoms with Crippen LogP contribution in [-0.2, 0) is 0 Å². The Hall–Kier alpha value is -2.75. The first kappa shape index (κ1) is 16.6. The van der Waals surface area contributed by atoms with Crippen molar-refractivity contribution in [3.8, 4) is 17.2 Å². The Morgan fingerprint density at radius 1 is 0.957 bits per heavy atom. The van der Waals surface area contributed by atoms with Gasteiger partial charge >= 0.3 is 0 Å². The van der Waals surface area contributed by atoms with E-state index in [9.17, 15) is 4.79 Å². The zero-order valence-electron chi connectivity index (χ0n) is 13.8. The molecular weight excluding hydrogens is 292 g/mol. The maximum absolute atomic E-state index is 12.4. The van der Waals surface area contributed by atoms with E-state index < -0.39 is 0 Å². The SMILES string of the molecule is COc1cc(C(=O)C=Cc2ccccc2C)cc(OC)c1OC. The summed E-state index contributed by atoms with van der Waals surface area (Å²) in [6, 6.07) is 11.2. The summed E-state index contributed by atoms with van der Waals surface area (Å²) in [6.07, 6.45) is 3.35. The summed E-state index contributed by atoms with van der Waals surface area (Å²) < 4.78 is 15.8. The number of benzene rings is 2. The summed E-state index contributed by atoms with van der Waals surface area (Å²) in [5.41, 5.74) is 2.60. The summed E-state index contributed by atoms with van der Waals surface area (Å²) in [7, 11) is 4.57. The lowest BCUT2D eigenvalue weighted by atomic mass is 10.1. The lowest BCUT2D eigenvalue weighted by Gasteiger charge is -2.13. The minimum absolute atomic E-state index is 0.132. The lowest BCUT2D eigenvalue weighted by molar-refractivity contribution is 0.104. The molecule has 0 saturated carbocycles. The maximum atomic E-state index is 12.4. The highest BCUT2D eigenvalue weighted by Crippen LogP contribution is 2.38. The molecule has 0 radical (unpaired) electrons. The topological polar surface area (TPSA) is 44.8 Å². The van der Waals surface area contributed by atoms with Crippen molar-refractivity contribution in [2.75, 3.05) is 21.3 Å². The van der Waals surface area contributed by atoms with Gasteiger partial charge in [-0.1, -0.05) is 30.3 Å². The fourth-order valence-electron chi connectivity index (χ4n) is 2.26. The molecule has 0 amide bonds. The van der Waals surface area contributed by atoms with Crippen molar-refractivity contribution in [1.29, 1.82) is 0 Å². The van der Waals surface area contributed by atoms with Gasteiger partial charge in [-0.2, -0.15) is 0 Å². The average Bonchev–Trinajstić information content (AvgIpc) is 2.59. The van der Waals surface area contributed by atoms with Crippen molar-refractivity contribution < 1.29 is 19.0 Å². The van der Waals surface area contributed by atoms with Gasteiger partial charge in [-0.3, -0.25) is 4.79 Å². The van der Waals surface area contributed by atoms with E-state index in [0.29, 0.717) is 22.8 Å². The molecule has 0 bridgehead atoms. The molecule has 0 aliphatic heterocycles. The van der Waals surface area contributed by atoms with E-state index in [2.05, 4.69) is 0 Å². The number of methoxy groups -OCH3 is 3. The van der Waals surface area contributed by atoms with Crippen LogP contribution in [0.5, 0.6) is 17.2 Å². The first-order valence-electron chi connectivity index (χ1n) is 7.18.